The molecule has 1 saturated heterocycles. The molecular formula is C12H22INO3. The first kappa shape index (κ1) is 15.0. The molecule has 1 N–H and O–H groups in total. The average molecular weight is 355 g/mol. The third-order valence-corrected chi connectivity index (χ3v) is 3.38. The molecule has 1 amide bonds. The van der Waals surface area contributed by atoms with E-state index in [1.165, 1.54) is 0 Å². The van der Waals surface area contributed by atoms with E-state index in [0.29, 0.717) is 19.4 Å². The van der Waals surface area contributed by atoms with Crippen LogP contribution < -0.4 is 0 Å². The molecule has 0 radical (unpaired) electrons. The maximum absolute atomic E-state index is 12.0. The molecule has 1 rings (SSSR count). The van der Waals surface area contributed by atoms with Gasteiger partial charge in [0, 0.05) is 17.0 Å². The summed E-state index contributed by atoms with van der Waals surface area (Å²) in [6.45, 7) is 6.21. The number of rotatable bonds is 2. The number of piperidine rings is 1. The molecule has 1 aliphatic heterocycles. The van der Waals surface area contributed by atoms with Crippen LogP contribution in [0.25, 0.3) is 0 Å². The van der Waals surface area contributed by atoms with Crippen molar-refractivity contribution in [2.24, 2.45) is 0 Å². The highest BCUT2D eigenvalue weighted by Gasteiger charge is 2.32. The molecule has 5 heteroatoms. The second-order valence-electron chi connectivity index (χ2n) is 5.48. The lowest BCUT2D eigenvalue weighted by atomic mass is 9.98. The van der Waals surface area contributed by atoms with E-state index in [4.69, 9.17) is 4.74 Å². The van der Waals surface area contributed by atoms with Crippen LogP contribution in [0, 0.1) is 0 Å². The van der Waals surface area contributed by atoms with E-state index >= 15 is 0 Å². The van der Waals surface area contributed by atoms with Crippen molar-refractivity contribution in [1.82, 2.24) is 4.90 Å². The summed E-state index contributed by atoms with van der Waals surface area (Å²) in [5.74, 6) is 0. The molecule has 2 unspecified atom stereocenters. The summed E-state index contributed by atoms with van der Waals surface area (Å²) in [6, 6.07) is 0.116. The van der Waals surface area contributed by atoms with Gasteiger partial charge >= 0.3 is 6.09 Å². The fourth-order valence-corrected chi connectivity index (χ4v) is 2.71. The zero-order chi connectivity index (χ0) is 13.1. The summed E-state index contributed by atoms with van der Waals surface area (Å²) in [5, 5.41) is 9.66. The number of likely N-dealkylation sites (tertiary alicyclic amines) is 1. The second-order valence-corrected chi connectivity index (χ2v) is 6.56. The molecule has 1 fully saturated rings. The number of aliphatic hydroxyl groups excluding tert-OH is 1. The van der Waals surface area contributed by atoms with E-state index in [1.807, 2.05) is 20.8 Å². The molecular weight excluding hydrogens is 333 g/mol. The lowest BCUT2D eigenvalue weighted by molar-refractivity contribution is -0.00808. The van der Waals surface area contributed by atoms with Gasteiger partial charge in [0.2, 0.25) is 0 Å². The molecule has 1 aliphatic rings. The monoisotopic (exact) mass is 355 g/mol. The van der Waals surface area contributed by atoms with E-state index in [0.717, 1.165) is 10.8 Å². The van der Waals surface area contributed by atoms with Gasteiger partial charge in [0.1, 0.15) is 5.60 Å². The van der Waals surface area contributed by atoms with Gasteiger partial charge < -0.3 is 14.7 Å². The van der Waals surface area contributed by atoms with E-state index in [-0.39, 0.29) is 18.2 Å². The molecule has 0 saturated carbocycles. The Morgan fingerprint density at radius 1 is 1.53 bits per heavy atom. The Labute approximate surface area is 117 Å². The summed E-state index contributed by atoms with van der Waals surface area (Å²) >= 11 is 2.30. The number of hydrogen-bond donors (Lipinski definition) is 1. The minimum absolute atomic E-state index is 0.116. The van der Waals surface area contributed by atoms with Gasteiger partial charge in [-0.2, -0.15) is 0 Å². The summed E-state index contributed by atoms with van der Waals surface area (Å²) < 4.78 is 6.37. The Hall–Kier alpha value is -0.0400. The van der Waals surface area contributed by atoms with E-state index in [2.05, 4.69) is 22.6 Å². The van der Waals surface area contributed by atoms with Crippen molar-refractivity contribution in [3.05, 3.63) is 0 Å². The van der Waals surface area contributed by atoms with Crippen molar-refractivity contribution in [2.75, 3.05) is 11.0 Å². The van der Waals surface area contributed by atoms with E-state index in [1.54, 1.807) is 4.90 Å². The highest BCUT2D eigenvalue weighted by molar-refractivity contribution is 14.1. The number of hydrogen-bond acceptors (Lipinski definition) is 3. The maximum atomic E-state index is 12.0. The standard InChI is InChI=1S/C12H22INO3/c1-12(2,3)17-11(16)14-7-5-10(15)8-9(14)4-6-13/h9-10,15H,4-8H2,1-3H3. The zero-order valence-electron chi connectivity index (χ0n) is 10.8. The van der Waals surface area contributed by atoms with Crippen molar-refractivity contribution in [3.63, 3.8) is 0 Å². The fraction of sp³-hybridized carbons (Fsp3) is 0.917. The largest absolute Gasteiger partial charge is 0.444 e. The van der Waals surface area contributed by atoms with Crippen LogP contribution >= 0.6 is 22.6 Å². The van der Waals surface area contributed by atoms with Crippen LogP contribution in [-0.2, 0) is 4.74 Å². The molecule has 0 bridgehead atoms. The predicted octanol–water partition coefficient (Wildman–Crippen LogP) is 2.57. The Morgan fingerprint density at radius 2 is 2.18 bits per heavy atom. The molecule has 0 aliphatic carbocycles. The van der Waals surface area contributed by atoms with Crippen molar-refractivity contribution in [1.29, 1.82) is 0 Å². The maximum Gasteiger partial charge on any atom is 0.410 e. The third-order valence-electron chi connectivity index (χ3n) is 2.76. The highest BCUT2D eigenvalue weighted by atomic mass is 127. The number of ether oxygens (including phenoxy) is 1. The van der Waals surface area contributed by atoms with Gasteiger partial charge in [-0.05, 0) is 40.0 Å². The van der Waals surface area contributed by atoms with Gasteiger partial charge in [-0.3, -0.25) is 0 Å². The number of nitrogens with zero attached hydrogens (tertiary/aromatic N) is 1. The average Bonchev–Trinajstić information content (AvgIpc) is 2.15. The van der Waals surface area contributed by atoms with Crippen molar-refractivity contribution in [3.8, 4) is 0 Å². The highest BCUT2D eigenvalue weighted by Crippen LogP contribution is 2.23. The summed E-state index contributed by atoms with van der Waals surface area (Å²) in [4.78, 5) is 13.8. The Balaban J connectivity index is 2.62. The zero-order valence-corrected chi connectivity index (χ0v) is 12.9. The minimum Gasteiger partial charge on any atom is -0.444 e. The molecule has 17 heavy (non-hydrogen) atoms. The van der Waals surface area contributed by atoms with Crippen LogP contribution in [0.15, 0.2) is 0 Å². The van der Waals surface area contributed by atoms with Gasteiger partial charge in [-0.1, -0.05) is 22.6 Å². The number of carbonyl (C=O) groups excluding carboxylic acids is 1. The number of halogens is 1. The lowest BCUT2D eigenvalue weighted by Crippen LogP contribution is -2.49. The van der Waals surface area contributed by atoms with Crippen molar-refractivity contribution < 1.29 is 14.6 Å². The number of alkyl halides is 1. The van der Waals surface area contributed by atoms with Crippen LogP contribution in [0.3, 0.4) is 0 Å². The fourth-order valence-electron chi connectivity index (χ4n) is 1.99. The Morgan fingerprint density at radius 3 is 2.71 bits per heavy atom. The van der Waals surface area contributed by atoms with Crippen molar-refractivity contribution in [2.45, 2.75) is 57.8 Å². The molecule has 0 spiro atoms. The summed E-state index contributed by atoms with van der Waals surface area (Å²) in [6.07, 6.45) is 1.71. The van der Waals surface area contributed by atoms with Crippen LogP contribution in [0.2, 0.25) is 0 Å². The van der Waals surface area contributed by atoms with Crippen LogP contribution in [-0.4, -0.2) is 44.8 Å². The van der Waals surface area contributed by atoms with Crippen LogP contribution in [0.5, 0.6) is 0 Å². The predicted molar refractivity (Wildman–Crippen MR) is 75.5 cm³/mol. The molecule has 4 nitrogen and oxygen atoms in total. The van der Waals surface area contributed by atoms with Gasteiger partial charge in [0.15, 0.2) is 0 Å². The smallest absolute Gasteiger partial charge is 0.410 e. The quantitative estimate of drug-likeness (QED) is 0.612. The first-order valence-electron chi connectivity index (χ1n) is 6.07. The normalized spacial score (nSPS) is 25.8. The molecule has 0 aromatic rings. The molecule has 0 aromatic carbocycles. The lowest BCUT2D eigenvalue weighted by Gasteiger charge is -2.38. The second kappa shape index (κ2) is 6.22. The van der Waals surface area contributed by atoms with Gasteiger partial charge in [0.25, 0.3) is 0 Å². The summed E-state index contributed by atoms with van der Waals surface area (Å²) in [5.41, 5.74) is -0.456. The van der Waals surface area contributed by atoms with Gasteiger partial charge in [-0.25, -0.2) is 4.79 Å². The minimum atomic E-state index is -0.456. The van der Waals surface area contributed by atoms with Crippen LogP contribution in [0.1, 0.15) is 40.0 Å². The SMILES string of the molecule is CC(C)(C)OC(=O)N1CCC(O)CC1CCI. The first-order valence-corrected chi connectivity index (χ1v) is 7.59. The molecule has 100 valence electrons. The third kappa shape index (κ3) is 4.99. The first-order chi connectivity index (χ1) is 7.83. The molecule has 2 atom stereocenters. The molecule has 1 heterocycles. The van der Waals surface area contributed by atoms with Crippen LogP contribution in [0.4, 0.5) is 4.79 Å². The number of amides is 1. The Kier molecular flexibility index (Phi) is 5.50. The molecule has 0 aromatic heterocycles. The number of carbonyl (C=O) groups is 1. The van der Waals surface area contributed by atoms with Gasteiger partial charge in [0.05, 0.1) is 6.10 Å². The Bertz CT molecular complexity index is 265. The topological polar surface area (TPSA) is 49.8 Å². The van der Waals surface area contributed by atoms with E-state index < -0.39 is 5.60 Å². The van der Waals surface area contributed by atoms with Crippen molar-refractivity contribution >= 4 is 28.7 Å². The number of aliphatic hydroxyl groups is 1. The summed E-state index contributed by atoms with van der Waals surface area (Å²) in [7, 11) is 0. The van der Waals surface area contributed by atoms with Gasteiger partial charge in [-0.15, -0.1) is 0 Å². The van der Waals surface area contributed by atoms with E-state index in [9.17, 15) is 9.90 Å².